The van der Waals surface area contributed by atoms with Gasteiger partial charge in [-0.25, -0.2) is 15.0 Å². The minimum Gasteiger partial charge on any atom is -0.453 e. The standard InChI is InChI=1S/C51H32N4O/c1-4-13-33(14-5-1)34-27-29-39(30-28-34)55-45-22-11-10-19-41(45)42-31-32-44-43-21-12-20-40(47(43)56-48(44)46(42)55)35-23-25-38(26-24-35)51-53-49(36-15-6-2-7-16-36)52-50(54-51)37-17-8-3-9-18-37/h1-32H. The molecular weight excluding hydrogens is 685 g/mol. The van der Waals surface area contributed by atoms with Gasteiger partial charge in [-0.2, -0.15) is 0 Å². The van der Waals surface area contributed by atoms with Gasteiger partial charge < -0.3 is 8.98 Å². The third kappa shape index (κ3) is 5.29. The summed E-state index contributed by atoms with van der Waals surface area (Å²) < 4.78 is 9.37. The smallest absolute Gasteiger partial charge is 0.164 e. The van der Waals surface area contributed by atoms with Crippen LogP contribution in [0.3, 0.4) is 0 Å². The van der Waals surface area contributed by atoms with Gasteiger partial charge in [0.1, 0.15) is 5.58 Å². The summed E-state index contributed by atoms with van der Waals surface area (Å²) in [5.74, 6) is 1.90. The first-order chi connectivity index (χ1) is 27.8. The Labute approximate surface area is 322 Å². The molecule has 56 heavy (non-hydrogen) atoms. The van der Waals surface area contributed by atoms with E-state index in [0.717, 1.165) is 71.9 Å². The maximum Gasteiger partial charge on any atom is 0.164 e. The third-order valence-corrected chi connectivity index (χ3v) is 10.7. The van der Waals surface area contributed by atoms with Gasteiger partial charge in [0.25, 0.3) is 0 Å². The van der Waals surface area contributed by atoms with Gasteiger partial charge in [0, 0.05) is 49.5 Å². The van der Waals surface area contributed by atoms with Crippen LogP contribution in [0.25, 0.3) is 106 Å². The molecule has 0 amide bonds. The molecule has 11 aromatic rings. The van der Waals surface area contributed by atoms with Gasteiger partial charge in [-0.05, 0) is 41.0 Å². The molecule has 5 heteroatoms. The van der Waals surface area contributed by atoms with Crippen LogP contribution in [-0.2, 0) is 0 Å². The van der Waals surface area contributed by atoms with E-state index in [1.54, 1.807) is 0 Å². The molecule has 0 atom stereocenters. The molecule has 0 unspecified atom stereocenters. The van der Waals surface area contributed by atoms with Crippen LogP contribution in [0, 0.1) is 0 Å². The molecule has 3 aromatic heterocycles. The van der Waals surface area contributed by atoms with Crippen molar-refractivity contribution >= 4 is 43.7 Å². The summed E-state index contributed by atoms with van der Waals surface area (Å²) in [6, 6.07) is 67.4. The first-order valence-electron chi connectivity index (χ1n) is 18.8. The van der Waals surface area contributed by atoms with E-state index in [9.17, 15) is 0 Å². The molecule has 0 fully saturated rings. The summed E-state index contributed by atoms with van der Waals surface area (Å²) in [5.41, 5.74) is 12.3. The number of para-hydroxylation sites is 2. The summed E-state index contributed by atoms with van der Waals surface area (Å²) in [6.07, 6.45) is 0. The molecule has 0 spiro atoms. The predicted octanol–water partition coefficient (Wildman–Crippen LogP) is 13.2. The highest BCUT2D eigenvalue weighted by molar-refractivity contribution is 6.22. The van der Waals surface area contributed by atoms with Gasteiger partial charge in [0.05, 0.1) is 11.0 Å². The van der Waals surface area contributed by atoms with Crippen molar-refractivity contribution in [3.63, 3.8) is 0 Å². The SMILES string of the molecule is c1ccc(-c2ccc(-n3c4ccccc4c4ccc5c6cccc(-c7ccc(-c8nc(-c9ccccc9)nc(-c9ccccc9)n8)cc7)c6oc5c43)cc2)cc1. The quantitative estimate of drug-likeness (QED) is 0.172. The normalized spacial score (nSPS) is 11.6. The Kier molecular flexibility index (Phi) is 7.42. The lowest BCUT2D eigenvalue weighted by molar-refractivity contribution is 0.672. The van der Waals surface area contributed by atoms with Crippen molar-refractivity contribution in [2.75, 3.05) is 0 Å². The average molecular weight is 717 g/mol. The average Bonchev–Trinajstić information content (AvgIpc) is 3.84. The van der Waals surface area contributed by atoms with Crippen molar-refractivity contribution in [2.24, 2.45) is 0 Å². The second-order valence-electron chi connectivity index (χ2n) is 14.0. The zero-order valence-corrected chi connectivity index (χ0v) is 30.2. The Morgan fingerprint density at radius 1 is 0.321 bits per heavy atom. The lowest BCUT2D eigenvalue weighted by Gasteiger charge is -2.10. The molecule has 0 radical (unpaired) electrons. The summed E-state index contributed by atoms with van der Waals surface area (Å²) in [6.45, 7) is 0. The van der Waals surface area contributed by atoms with Gasteiger partial charge in [0.2, 0.25) is 0 Å². The van der Waals surface area contributed by atoms with Crippen molar-refractivity contribution in [3.8, 4) is 62.1 Å². The van der Waals surface area contributed by atoms with Gasteiger partial charge in [-0.3, -0.25) is 0 Å². The minimum atomic E-state index is 0.623. The zero-order chi connectivity index (χ0) is 37.0. The van der Waals surface area contributed by atoms with Crippen LogP contribution in [0.5, 0.6) is 0 Å². The van der Waals surface area contributed by atoms with Gasteiger partial charge in [0.15, 0.2) is 23.1 Å². The van der Waals surface area contributed by atoms with Crippen LogP contribution in [0.4, 0.5) is 0 Å². The second kappa shape index (κ2) is 13.0. The number of benzene rings is 8. The van der Waals surface area contributed by atoms with E-state index >= 15 is 0 Å². The van der Waals surface area contributed by atoms with E-state index in [0.29, 0.717) is 17.5 Å². The number of aromatic nitrogens is 4. The van der Waals surface area contributed by atoms with E-state index < -0.39 is 0 Å². The molecule has 11 rings (SSSR count). The molecule has 0 aliphatic heterocycles. The molecule has 0 aliphatic rings. The Bertz CT molecular complexity index is 3150. The van der Waals surface area contributed by atoms with E-state index in [2.05, 4.69) is 138 Å². The fraction of sp³-hybridized carbons (Fsp3) is 0. The predicted molar refractivity (Wildman–Crippen MR) is 229 cm³/mol. The lowest BCUT2D eigenvalue weighted by atomic mass is 10.0. The van der Waals surface area contributed by atoms with Crippen LogP contribution < -0.4 is 0 Å². The number of fused-ring (bicyclic) bond motifs is 7. The fourth-order valence-electron chi connectivity index (χ4n) is 7.97. The Balaban J connectivity index is 1.04. The number of hydrogen-bond acceptors (Lipinski definition) is 4. The second-order valence-corrected chi connectivity index (χ2v) is 14.0. The molecule has 0 N–H and O–H groups in total. The van der Waals surface area contributed by atoms with Gasteiger partial charge >= 0.3 is 0 Å². The Hall–Kier alpha value is -7.63. The molecule has 0 saturated carbocycles. The van der Waals surface area contributed by atoms with Crippen LogP contribution in [0.2, 0.25) is 0 Å². The van der Waals surface area contributed by atoms with Crippen molar-refractivity contribution in [1.29, 1.82) is 0 Å². The molecule has 0 aliphatic carbocycles. The topological polar surface area (TPSA) is 56.7 Å². The van der Waals surface area contributed by atoms with Crippen molar-refractivity contribution in [2.45, 2.75) is 0 Å². The largest absolute Gasteiger partial charge is 0.453 e. The molecular formula is C51H32N4O. The summed E-state index contributed by atoms with van der Waals surface area (Å²) in [5, 5.41) is 4.52. The van der Waals surface area contributed by atoms with Gasteiger partial charge in [-0.15, -0.1) is 0 Å². The molecule has 0 bridgehead atoms. The molecule has 3 heterocycles. The monoisotopic (exact) mass is 716 g/mol. The maximum atomic E-state index is 7.03. The summed E-state index contributed by atoms with van der Waals surface area (Å²) in [7, 11) is 0. The highest BCUT2D eigenvalue weighted by Crippen LogP contribution is 2.43. The summed E-state index contributed by atoms with van der Waals surface area (Å²) in [4.78, 5) is 14.7. The van der Waals surface area contributed by atoms with Gasteiger partial charge in [-0.1, -0.05) is 170 Å². The van der Waals surface area contributed by atoms with Crippen molar-refractivity contribution < 1.29 is 4.42 Å². The van der Waals surface area contributed by atoms with Crippen molar-refractivity contribution in [1.82, 2.24) is 19.5 Å². The van der Waals surface area contributed by atoms with E-state index in [1.165, 1.54) is 16.5 Å². The zero-order valence-electron chi connectivity index (χ0n) is 30.2. The van der Waals surface area contributed by atoms with Crippen LogP contribution in [-0.4, -0.2) is 19.5 Å². The first kappa shape index (κ1) is 31.9. The minimum absolute atomic E-state index is 0.623. The van der Waals surface area contributed by atoms with Crippen LogP contribution in [0.1, 0.15) is 0 Å². The Morgan fingerprint density at radius 2 is 0.786 bits per heavy atom. The number of nitrogens with zero attached hydrogens (tertiary/aromatic N) is 4. The van der Waals surface area contributed by atoms with E-state index in [-0.39, 0.29) is 0 Å². The lowest BCUT2D eigenvalue weighted by Crippen LogP contribution is -2.00. The van der Waals surface area contributed by atoms with E-state index in [4.69, 9.17) is 19.4 Å². The number of hydrogen-bond donors (Lipinski definition) is 0. The number of rotatable bonds is 6. The molecule has 8 aromatic carbocycles. The fourth-order valence-corrected chi connectivity index (χ4v) is 7.97. The Morgan fingerprint density at radius 3 is 1.43 bits per heavy atom. The highest BCUT2D eigenvalue weighted by atomic mass is 16.3. The van der Waals surface area contributed by atoms with Crippen molar-refractivity contribution in [3.05, 3.63) is 194 Å². The maximum absolute atomic E-state index is 7.03. The molecule has 262 valence electrons. The van der Waals surface area contributed by atoms with Crippen LogP contribution >= 0.6 is 0 Å². The molecule has 5 nitrogen and oxygen atoms in total. The third-order valence-electron chi connectivity index (χ3n) is 10.7. The highest BCUT2D eigenvalue weighted by Gasteiger charge is 2.21. The summed E-state index contributed by atoms with van der Waals surface area (Å²) >= 11 is 0. The number of furan rings is 1. The molecule has 0 saturated heterocycles. The van der Waals surface area contributed by atoms with Crippen LogP contribution in [0.15, 0.2) is 199 Å². The first-order valence-corrected chi connectivity index (χ1v) is 18.8. The van der Waals surface area contributed by atoms with E-state index in [1.807, 2.05) is 60.7 Å².